The Morgan fingerprint density at radius 1 is 1.00 bits per heavy atom. The van der Waals surface area contributed by atoms with Crippen LogP contribution >= 0.6 is 0 Å². The highest BCUT2D eigenvalue weighted by molar-refractivity contribution is 5.94. The lowest BCUT2D eigenvalue weighted by atomic mass is 10.2. The lowest BCUT2D eigenvalue weighted by molar-refractivity contribution is -0.117. The molecule has 1 rings (SSSR count). The van der Waals surface area contributed by atoms with Crippen molar-refractivity contribution in [3.63, 3.8) is 0 Å². The summed E-state index contributed by atoms with van der Waals surface area (Å²) in [4.78, 5) is 21.5. The van der Waals surface area contributed by atoms with Gasteiger partial charge in [-0.3, -0.25) is 9.59 Å². The molecule has 0 aliphatic heterocycles. The van der Waals surface area contributed by atoms with E-state index in [1.165, 1.54) is 18.2 Å². The Balaban J connectivity index is 2.71. The van der Waals surface area contributed by atoms with Gasteiger partial charge in [-0.05, 0) is 18.2 Å². The number of alkyl halides is 2. The summed E-state index contributed by atoms with van der Waals surface area (Å²) in [5.41, 5.74) is 0.665. The second-order valence-corrected chi connectivity index (χ2v) is 2.94. The van der Waals surface area contributed by atoms with Gasteiger partial charge in [0, 0.05) is 11.4 Å². The molecule has 0 saturated carbocycles. The normalized spacial score (nSPS) is 9.62. The molecule has 4 nitrogen and oxygen atoms in total. The van der Waals surface area contributed by atoms with Crippen LogP contribution in [0.3, 0.4) is 0 Å². The van der Waals surface area contributed by atoms with E-state index in [0.29, 0.717) is 11.4 Å². The van der Waals surface area contributed by atoms with Crippen LogP contribution < -0.4 is 10.6 Å². The minimum atomic E-state index is -1.12. The van der Waals surface area contributed by atoms with Crippen LogP contribution in [-0.4, -0.2) is 25.2 Å². The predicted octanol–water partition coefficient (Wildman–Crippen LogP) is 1.50. The van der Waals surface area contributed by atoms with Crippen molar-refractivity contribution >= 4 is 23.2 Å². The van der Waals surface area contributed by atoms with Gasteiger partial charge in [-0.15, -0.1) is 0 Å². The van der Waals surface area contributed by atoms with Crippen molar-refractivity contribution in [1.82, 2.24) is 0 Å². The topological polar surface area (TPSA) is 58.2 Å². The Labute approximate surface area is 90.6 Å². The van der Waals surface area contributed by atoms with E-state index in [1.54, 1.807) is 6.07 Å². The zero-order chi connectivity index (χ0) is 12.0. The minimum absolute atomic E-state index is 0.333. The van der Waals surface area contributed by atoms with Crippen LogP contribution in [0.4, 0.5) is 20.2 Å². The molecule has 0 bridgehead atoms. The van der Waals surface area contributed by atoms with E-state index in [0.717, 1.165) is 0 Å². The van der Waals surface area contributed by atoms with Gasteiger partial charge >= 0.3 is 0 Å². The highest BCUT2D eigenvalue weighted by atomic mass is 19.1. The van der Waals surface area contributed by atoms with Crippen molar-refractivity contribution in [2.24, 2.45) is 0 Å². The zero-order valence-electron chi connectivity index (χ0n) is 8.30. The van der Waals surface area contributed by atoms with Gasteiger partial charge in [0.1, 0.15) is 0 Å². The van der Waals surface area contributed by atoms with Crippen LogP contribution in [0, 0.1) is 0 Å². The summed E-state index contributed by atoms with van der Waals surface area (Å²) in [7, 11) is 0. The standard InChI is InChI=1S/C10H10F2N2O2/c11-5-9(15)13-7-2-1-3-8(4-7)14-10(16)6-12/h1-4H,5-6H2,(H,13,15)(H,14,16). The Morgan fingerprint density at radius 2 is 1.44 bits per heavy atom. The predicted molar refractivity (Wildman–Crippen MR) is 55.7 cm³/mol. The van der Waals surface area contributed by atoms with Gasteiger partial charge in [0.25, 0.3) is 11.8 Å². The summed E-state index contributed by atoms with van der Waals surface area (Å²) in [6.45, 7) is -2.25. The van der Waals surface area contributed by atoms with Gasteiger partial charge in [0.15, 0.2) is 13.3 Å². The second kappa shape index (κ2) is 5.79. The monoisotopic (exact) mass is 228 g/mol. The molecule has 0 radical (unpaired) electrons. The van der Waals surface area contributed by atoms with Crippen LogP contribution in [-0.2, 0) is 9.59 Å². The number of anilines is 2. The number of hydrogen-bond acceptors (Lipinski definition) is 2. The van der Waals surface area contributed by atoms with E-state index in [2.05, 4.69) is 10.6 Å². The number of carbonyl (C=O) groups is 2. The molecule has 2 N–H and O–H groups in total. The summed E-state index contributed by atoms with van der Waals surface area (Å²) in [6, 6.07) is 6.00. The Kier molecular flexibility index (Phi) is 4.38. The summed E-state index contributed by atoms with van der Waals surface area (Å²) in [5.74, 6) is -1.57. The lowest BCUT2D eigenvalue weighted by Gasteiger charge is -2.06. The number of hydrogen-bond donors (Lipinski definition) is 2. The highest BCUT2D eigenvalue weighted by Crippen LogP contribution is 2.14. The molecule has 0 saturated heterocycles. The third-order valence-corrected chi connectivity index (χ3v) is 1.67. The number of amides is 2. The maximum Gasteiger partial charge on any atom is 0.255 e. The molecule has 0 aromatic heterocycles. The molecule has 2 amide bonds. The summed E-state index contributed by atoms with van der Waals surface area (Å²) < 4.78 is 23.8. The van der Waals surface area contributed by atoms with Gasteiger partial charge in [-0.25, -0.2) is 8.78 Å². The molecule has 0 unspecified atom stereocenters. The number of benzene rings is 1. The quantitative estimate of drug-likeness (QED) is 0.820. The smallest absolute Gasteiger partial charge is 0.255 e. The van der Waals surface area contributed by atoms with E-state index >= 15 is 0 Å². The fourth-order valence-electron chi connectivity index (χ4n) is 1.06. The van der Waals surface area contributed by atoms with E-state index < -0.39 is 25.2 Å². The first kappa shape index (κ1) is 12.1. The molecule has 1 aromatic carbocycles. The van der Waals surface area contributed by atoms with Crippen LogP contribution in [0.1, 0.15) is 0 Å². The van der Waals surface area contributed by atoms with Crippen LogP contribution in [0.2, 0.25) is 0 Å². The molecule has 0 fully saturated rings. The van der Waals surface area contributed by atoms with E-state index in [9.17, 15) is 18.4 Å². The first-order chi connectivity index (χ1) is 7.65. The van der Waals surface area contributed by atoms with Crippen molar-refractivity contribution in [2.45, 2.75) is 0 Å². The fraction of sp³-hybridized carbons (Fsp3) is 0.200. The molecule has 1 aromatic rings. The van der Waals surface area contributed by atoms with Gasteiger partial charge < -0.3 is 10.6 Å². The van der Waals surface area contributed by atoms with E-state index in [4.69, 9.17) is 0 Å². The van der Waals surface area contributed by atoms with Gasteiger partial charge in [-0.1, -0.05) is 6.07 Å². The number of rotatable bonds is 4. The lowest BCUT2D eigenvalue weighted by Crippen LogP contribution is -2.15. The first-order valence-corrected chi connectivity index (χ1v) is 4.47. The molecule has 0 aliphatic rings. The molecule has 0 aliphatic carbocycles. The van der Waals surface area contributed by atoms with Gasteiger partial charge in [0.05, 0.1) is 0 Å². The molecule has 6 heteroatoms. The number of halogens is 2. The second-order valence-electron chi connectivity index (χ2n) is 2.94. The molecular formula is C10H10F2N2O2. The summed E-state index contributed by atoms with van der Waals surface area (Å²) >= 11 is 0. The van der Waals surface area contributed by atoms with Crippen LogP contribution in [0.15, 0.2) is 24.3 Å². The number of carbonyl (C=O) groups excluding carboxylic acids is 2. The Hall–Kier alpha value is -1.98. The average molecular weight is 228 g/mol. The van der Waals surface area contributed by atoms with E-state index in [1.807, 2.05) is 0 Å². The Morgan fingerprint density at radius 3 is 1.81 bits per heavy atom. The molecular weight excluding hydrogens is 218 g/mol. The minimum Gasteiger partial charge on any atom is -0.324 e. The summed E-state index contributed by atoms with van der Waals surface area (Å²) in [6.07, 6.45) is 0. The third-order valence-electron chi connectivity index (χ3n) is 1.67. The summed E-state index contributed by atoms with van der Waals surface area (Å²) in [5, 5.41) is 4.53. The van der Waals surface area contributed by atoms with Crippen LogP contribution in [0.25, 0.3) is 0 Å². The third kappa shape index (κ3) is 3.64. The fourth-order valence-corrected chi connectivity index (χ4v) is 1.06. The molecule has 0 atom stereocenters. The van der Waals surface area contributed by atoms with Crippen molar-refractivity contribution < 1.29 is 18.4 Å². The van der Waals surface area contributed by atoms with E-state index in [-0.39, 0.29) is 0 Å². The van der Waals surface area contributed by atoms with Crippen molar-refractivity contribution in [1.29, 1.82) is 0 Å². The molecule has 0 heterocycles. The Bertz CT molecular complexity index is 363. The maximum atomic E-state index is 11.9. The SMILES string of the molecule is O=C(CF)Nc1cccc(NC(=O)CF)c1. The maximum absolute atomic E-state index is 11.9. The molecule has 16 heavy (non-hydrogen) atoms. The van der Waals surface area contributed by atoms with Crippen molar-refractivity contribution in [2.75, 3.05) is 24.0 Å². The highest BCUT2D eigenvalue weighted by Gasteiger charge is 2.04. The molecule has 0 spiro atoms. The van der Waals surface area contributed by atoms with Gasteiger partial charge in [-0.2, -0.15) is 0 Å². The van der Waals surface area contributed by atoms with Crippen LogP contribution in [0.5, 0.6) is 0 Å². The largest absolute Gasteiger partial charge is 0.324 e. The van der Waals surface area contributed by atoms with Gasteiger partial charge in [0.2, 0.25) is 0 Å². The number of nitrogens with one attached hydrogen (secondary N) is 2. The van der Waals surface area contributed by atoms with Crippen molar-refractivity contribution in [3.8, 4) is 0 Å². The zero-order valence-corrected chi connectivity index (χ0v) is 8.30. The first-order valence-electron chi connectivity index (χ1n) is 4.47. The van der Waals surface area contributed by atoms with Crippen molar-refractivity contribution in [3.05, 3.63) is 24.3 Å². The molecule has 86 valence electrons. The average Bonchev–Trinajstić information content (AvgIpc) is 2.29.